The fourth-order valence-corrected chi connectivity index (χ4v) is 3.52. The van der Waals surface area contributed by atoms with Gasteiger partial charge in [0.15, 0.2) is 0 Å². The summed E-state index contributed by atoms with van der Waals surface area (Å²) in [5, 5.41) is 0. The van der Waals surface area contributed by atoms with Crippen molar-refractivity contribution < 1.29 is 74.7 Å². The second-order valence-corrected chi connectivity index (χ2v) is 11.3. The Balaban J connectivity index is -0.000000130. The molecule has 3 unspecified atom stereocenters. The molecule has 0 aromatic carbocycles. The van der Waals surface area contributed by atoms with Gasteiger partial charge in [0.05, 0.1) is 18.3 Å². The number of rotatable bonds is 6. The molecular weight excluding hydrogens is 470 g/mol. The van der Waals surface area contributed by atoms with Crippen LogP contribution in [0.1, 0.15) is 41.5 Å². The van der Waals surface area contributed by atoms with E-state index in [1.807, 2.05) is 0 Å². The van der Waals surface area contributed by atoms with Gasteiger partial charge < -0.3 is 28.3 Å². The zero-order chi connectivity index (χ0) is 20.4. The average molecular weight is 503 g/mol. The van der Waals surface area contributed by atoms with Crippen LogP contribution in [0.15, 0.2) is 0 Å². The van der Waals surface area contributed by atoms with Crippen molar-refractivity contribution in [2.75, 3.05) is 20.0 Å². The Bertz CT molecular complexity index is 384. The molecular formula is C12H33O9P3Y. The zero-order valence-corrected chi connectivity index (χ0v) is 22.0. The summed E-state index contributed by atoms with van der Waals surface area (Å²) in [6, 6.07) is 0. The molecule has 3 N–H and O–H groups in total. The third-order valence-electron chi connectivity index (χ3n) is 1.22. The second kappa shape index (κ2) is 15.5. The molecule has 9 nitrogen and oxygen atoms in total. The Labute approximate surface area is 176 Å². The Morgan fingerprint density at radius 1 is 0.560 bits per heavy atom. The summed E-state index contributed by atoms with van der Waals surface area (Å²) in [4.78, 5) is 25.6. The molecule has 0 fully saturated rings. The van der Waals surface area contributed by atoms with Gasteiger partial charge >= 0.3 is 22.8 Å². The van der Waals surface area contributed by atoms with Crippen LogP contribution in [0.25, 0.3) is 0 Å². The molecule has 25 heavy (non-hydrogen) atoms. The minimum absolute atomic E-state index is 0. The smallest absolute Gasteiger partial charge is 0.324 e. The monoisotopic (exact) mass is 503 g/mol. The van der Waals surface area contributed by atoms with Crippen molar-refractivity contribution >= 4 is 22.8 Å². The maximum Gasteiger partial charge on any atom is 0.325 e. The summed E-state index contributed by atoms with van der Waals surface area (Å²) in [7, 11) is -9.67. The van der Waals surface area contributed by atoms with Crippen LogP contribution in [0.3, 0.4) is 0 Å². The first-order chi connectivity index (χ1) is 10.2. The summed E-state index contributed by atoms with van der Waals surface area (Å²) < 4.78 is 44.7. The first-order valence-electron chi connectivity index (χ1n) is 7.21. The van der Waals surface area contributed by atoms with Crippen molar-refractivity contribution in [2.24, 2.45) is 0 Å². The van der Waals surface area contributed by atoms with Gasteiger partial charge in [-0.25, -0.2) is 0 Å². The van der Waals surface area contributed by atoms with Crippen LogP contribution in [0.4, 0.5) is 0 Å². The maximum atomic E-state index is 10.4. The Hall–Kier alpha value is 1.55. The van der Waals surface area contributed by atoms with Gasteiger partial charge in [0.2, 0.25) is 0 Å². The molecule has 0 aliphatic carbocycles. The summed E-state index contributed by atoms with van der Waals surface area (Å²) >= 11 is 0. The molecule has 0 heterocycles. The van der Waals surface area contributed by atoms with Gasteiger partial charge in [-0.2, -0.15) is 0 Å². The molecule has 0 rings (SSSR count). The zero-order valence-electron chi connectivity index (χ0n) is 16.4. The topological polar surface area (TPSA) is 140 Å². The van der Waals surface area contributed by atoms with Crippen molar-refractivity contribution in [1.29, 1.82) is 0 Å². The van der Waals surface area contributed by atoms with Crippen molar-refractivity contribution in [2.45, 2.75) is 59.9 Å². The molecule has 13 heteroatoms. The van der Waals surface area contributed by atoms with Gasteiger partial charge in [-0.3, -0.25) is 13.7 Å². The first kappa shape index (κ1) is 34.1. The molecule has 0 aliphatic heterocycles. The predicted octanol–water partition coefficient (Wildman–Crippen LogP) is 3.68. The molecule has 3 atom stereocenters. The van der Waals surface area contributed by atoms with Crippen molar-refractivity contribution in [3.63, 3.8) is 0 Å². The number of hydrogen-bond acceptors (Lipinski definition) is 6. The van der Waals surface area contributed by atoms with Gasteiger partial charge in [-0.15, -0.1) is 0 Å². The van der Waals surface area contributed by atoms with E-state index in [0.717, 1.165) is 0 Å². The molecule has 0 bridgehead atoms. The van der Waals surface area contributed by atoms with Crippen molar-refractivity contribution in [1.82, 2.24) is 0 Å². The van der Waals surface area contributed by atoms with Crippen LogP contribution in [0.5, 0.6) is 0 Å². The van der Waals surface area contributed by atoms with Crippen LogP contribution in [-0.2, 0) is 60.0 Å². The summed E-state index contributed by atoms with van der Waals surface area (Å²) in [6.07, 6.45) is -0.512. The Morgan fingerprint density at radius 3 is 0.680 bits per heavy atom. The predicted molar refractivity (Wildman–Crippen MR) is 95.9 cm³/mol. The summed E-state index contributed by atoms with van der Waals surface area (Å²) in [5.41, 5.74) is 0. The third kappa shape index (κ3) is 51.7. The van der Waals surface area contributed by atoms with E-state index in [1.165, 1.54) is 20.0 Å². The van der Waals surface area contributed by atoms with E-state index in [4.69, 9.17) is 14.7 Å². The molecule has 0 aliphatic rings. The fourth-order valence-electron chi connectivity index (χ4n) is 1.17. The van der Waals surface area contributed by atoms with Gasteiger partial charge in [0.1, 0.15) is 0 Å². The fraction of sp³-hybridized carbons (Fsp3) is 1.00. The molecule has 153 valence electrons. The molecule has 0 aromatic heterocycles. The normalized spacial score (nSPS) is 17.9. The standard InChI is InChI=1S/3C4H11O3P.Y/c3*1-4(2)7-8(3,5)6;/h3*4H,1-3H3,(H,5,6);. The molecule has 0 saturated heterocycles. The van der Waals surface area contributed by atoms with Crippen molar-refractivity contribution in [3.8, 4) is 0 Å². The molecule has 0 saturated carbocycles. The molecule has 1 radical (unpaired) electrons. The summed E-state index contributed by atoms with van der Waals surface area (Å²) in [5.74, 6) is 0. The van der Waals surface area contributed by atoms with Gasteiger partial charge in [-0.05, 0) is 41.5 Å². The average Bonchev–Trinajstić information content (AvgIpc) is 2.04. The SMILES string of the molecule is CC(C)OP(C)(=O)O.CC(C)OP(C)(=O)O.CC(C)OP(C)(=O)O.[Y]. The molecule has 0 amide bonds. The van der Waals surface area contributed by atoms with Gasteiger partial charge in [-0.1, -0.05) is 0 Å². The van der Waals surface area contributed by atoms with E-state index in [9.17, 15) is 13.7 Å². The third-order valence-corrected chi connectivity index (χ3v) is 3.66. The van der Waals surface area contributed by atoms with Crippen LogP contribution < -0.4 is 0 Å². The minimum atomic E-state index is -3.22. The maximum absolute atomic E-state index is 10.4. The van der Waals surface area contributed by atoms with Gasteiger partial charge in [0.25, 0.3) is 0 Å². The largest absolute Gasteiger partial charge is 0.325 e. The minimum Gasteiger partial charge on any atom is -0.324 e. The van der Waals surface area contributed by atoms with E-state index in [2.05, 4.69) is 13.6 Å². The van der Waals surface area contributed by atoms with E-state index in [-0.39, 0.29) is 51.0 Å². The van der Waals surface area contributed by atoms with E-state index < -0.39 is 22.8 Å². The molecule has 0 aromatic rings. The van der Waals surface area contributed by atoms with Crippen LogP contribution in [-0.4, -0.2) is 53.0 Å². The Morgan fingerprint density at radius 2 is 0.680 bits per heavy atom. The number of hydrogen-bond donors (Lipinski definition) is 3. The van der Waals surface area contributed by atoms with Crippen LogP contribution in [0.2, 0.25) is 0 Å². The Kier molecular flexibility index (Phi) is 21.1. The van der Waals surface area contributed by atoms with E-state index >= 15 is 0 Å². The van der Waals surface area contributed by atoms with Crippen LogP contribution in [0, 0.1) is 0 Å². The quantitative estimate of drug-likeness (QED) is 0.463. The van der Waals surface area contributed by atoms with E-state index in [0.29, 0.717) is 0 Å². The first-order valence-corrected chi connectivity index (χ1v) is 13.3. The molecule has 0 spiro atoms. The van der Waals surface area contributed by atoms with Crippen molar-refractivity contribution in [3.05, 3.63) is 0 Å². The summed E-state index contributed by atoms with van der Waals surface area (Å²) in [6.45, 7) is 13.8. The van der Waals surface area contributed by atoms with E-state index in [1.54, 1.807) is 41.5 Å². The second-order valence-electron chi connectivity index (χ2n) is 5.87. The van der Waals surface area contributed by atoms with Gasteiger partial charge in [0, 0.05) is 52.7 Å². The van der Waals surface area contributed by atoms with Crippen LogP contribution >= 0.6 is 22.8 Å².